The Morgan fingerprint density at radius 1 is 1.25 bits per heavy atom. The second-order valence-electron chi connectivity index (χ2n) is 5.39. The molecule has 0 bridgehead atoms. The van der Waals surface area contributed by atoms with Crippen LogP contribution in [-0.2, 0) is 16.1 Å². The van der Waals surface area contributed by atoms with Crippen molar-refractivity contribution >= 4 is 11.8 Å². The van der Waals surface area contributed by atoms with Crippen LogP contribution in [0.25, 0.3) is 0 Å². The van der Waals surface area contributed by atoms with Gasteiger partial charge in [-0.3, -0.25) is 9.59 Å². The molecule has 0 radical (unpaired) electrons. The molecule has 1 aliphatic heterocycles. The summed E-state index contributed by atoms with van der Waals surface area (Å²) >= 11 is 0. The zero-order chi connectivity index (χ0) is 16.9. The molecule has 126 valence electrons. The van der Waals surface area contributed by atoms with Crippen LogP contribution in [-0.4, -0.2) is 42.5 Å². The van der Waals surface area contributed by atoms with E-state index in [2.05, 4.69) is 0 Å². The molecule has 3 rings (SSSR count). The summed E-state index contributed by atoms with van der Waals surface area (Å²) in [5, 5.41) is 0. The quantitative estimate of drug-likeness (QED) is 0.888. The lowest BCUT2D eigenvalue weighted by Crippen LogP contribution is -2.50. The molecule has 0 saturated carbocycles. The number of para-hydroxylation sites is 1. The molecule has 1 aromatic carbocycles. The first-order valence-electron chi connectivity index (χ1n) is 7.59. The second-order valence-corrected chi connectivity index (χ2v) is 5.39. The van der Waals surface area contributed by atoms with Gasteiger partial charge in [0.2, 0.25) is 5.91 Å². The number of nitrogens with two attached hydrogens (primary N) is 1. The van der Waals surface area contributed by atoms with Gasteiger partial charge in [0.05, 0.1) is 19.4 Å². The van der Waals surface area contributed by atoms with Crippen molar-refractivity contribution in [2.75, 3.05) is 19.7 Å². The van der Waals surface area contributed by atoms with E-state index in [4.69, 9.17) is 19.6 Å². The van der Waals surface area contributed by atoms with E-state index in [1.165, 1.54) is 11.2 Å². The number of nitrogens with zero attached hydrogens (tertiary/aromatic N) is 1. The molecular weight excluding hydrogens is 312 g/mol. The molecule has 1 atom stereocenters. The number of ether oxygens (including phenoxy) is 2. The first-order chi connectivity index (χ1) is 11.6. The topological polar surface area (TPSA) is 95.0 Å². The fourth-order valence-electron chi connectivity index (χ4n) is 2.46. The van der Waals surface area contributed by atoms with Gasteiger partial charge in [0.25, 0.3) is 5.91 Å². The van der Waals surface area contributed by atoms with Gasteiger partial charge in [-0.25, -0.2) is 0 Å². The van der Waals surface area contributed by atoms with E-state index in [-0.39, 0.29) is 31.4 Å². The molecule has 2 aromatic rings. The Balaban J connectivity index is 1.67. The largest absolute Gasteiger partial charge is 0.489 e. The summed E-state index contributed by atoms with van der Waals surface area (Å²) in [6, 6.07) is 11.0. The van der Waals surface area contributed by atoms with Crippen LogP contribution in [0.2, 0.25) is 0 Å². The lowest BCUT2D eigenvalue weighted by Gasteiger charge is -2.30. The zero-order valence-corrected chi connectivity index (χ0v) is 13.0. The van der Waals surface area contributed by atoms with Crippen LogP contribution in [0.4, 0.5) is 0 Å². The van der Waals surface area contributed by atoms with Crippen LogP contribution < -0.4 is 10.5 Å². The third kappa shape index (κ3) is 3.57. The molecule has 7 nitrogen and oxygen atoms in total. The minimum atomic E-state index is -0.790. The smallest absolute Gasteiger partial charge is 0.290 e. The molecule has 0 aliphatic carbocycles. The summed E-state index contributed by atoms with van der Waals surface area (Å²) in [7, 11) is 0. The average Bonchev–Trinajstić information content (AvgIpc) is 3.09. The van der Waals surface area contributed by atoms with Gasteiger partial charge >= 0.3 is 0 Å². The molecule has 2 N–H and O–H groups in total. The standard InChI is InChI=1S/C17H18N2O5/c18-16(20)14-10-19(7-9-22-14)17(21)15-12(6-8-23-15)11-24-13-4-2-1-3-5-13/h1-6,8,14H,7,9-11H2,(H2,18,20). The molecule has 2 heterocycles. The van der Waals surface area contributed by atoms with Crippen LogP contribution in [0.3, 0.4) is 0 Å². The summed E-state index contributed by atoms with van der Waals surface area (Å²) < 4.78 is 16.2. The highest BCUT2D eigenvalue weighted by atomic mass is 16.5. The number of benzene rings is 1. The SMILES string of the molecule is NC(=O)C1CN(C(=O)c2occc2COc2ccccc2)CCO1. The van der Waals surface area contributed by atoms with E-state index in [9.17, 15) is 9.59 Å². The van der Waals surface area contributed by atoms with E-state index in [0.717, 1.165) is 0 Å². The van der Waals surface area contributed by atoms with Crippen LogP contribution in [0.15, 0.2) is 47.1 Å². The Morgan fingerprint density at radius 3 is 2.79 bits per heavy atom. The van der Waals surface area contributed by atoms with Gasteiger partial charge in [-0.2, -0.15) is 0 Å². The first-order valence-corrected chi connectivity index (χ1v) is 7.59. The fourth-order valence-corrected chi connectivity index (χ4v) is 2.46. The Morgan fingerprint density at radius 2 is 2.04 bits per heavy atom. The second kappa shape index (κ2) is 7.18. The van der Waals surface area contributed by atoms with Gasteiger partial charge in [0.15, 0.2) is 11.9 Å². The predicted molar refractivity (Wildman–Crippen MR) is 84.3 cm³/mol. The van der Waals surface area contributed by atoms with E-state index in [1.807, 2.05) is 30.3 Å². The summed E-state index contributed by atoms with van der Waals surface area (Å²) in [6.45, 7) is 0.969. The predicted octanol–water partition coefficient (Wildman–Crippen LogP) is 1.18. The minimum Gasteiger partial charge on any atom is -0.489 e. The molecule has 1 saturated heterocycles. The van der Waals surface area contributed by atoms with E-state index < -0.39 is 12.0 Å². The molecular formula is C17H18N2O5. The molecule has 1 fully saturated rings. The van der Waals surface area contributed by atoms with Crippen molar-refractivity contribution in [1.82, 2.24) is 4.90 Å². The Bertz CT molecular complexity index is 713. The lowest BCUT2D eigenvalue weighted by molar-refractivity contribution is -0.133. The number of amides is 2. The van der Waals surface area contributed by atoms with Gasteiger partial charge < -0.3 is 24.5 Å². The number of morpholine rings is 1. The Kier molecular flexibility index (Phi) is 4.81. The highest BCUT2D eigenvalue weighted by molar-refractivity contribution is 5.93. The first kappa shape index (κ1) is 16.1. The molecule has 1 aliphatic rings. The maximum atomic E-state index is 12.6. The van der Waals surface area contributed by atoms with Gasteiger partial charge in [-0.1, -0.05) is 18.2 Å². The van der Waals surface area contributed by atoms with Crippen LogP contribution >= 0.6 is 0 Å². The molecule has 0 spiro atoms. The van der Waals surface area contributed by atoms with Crippen LogP contribution in [0.1, 0.15) is 16.1 Å². The van der Waals surface area contributed by atoms with Crippen LogP contribution in [0, 0.1) is 0 Å². The third-order valence-electron chi connectivity index (χ3n) is 3.75. The minimum absolute atomic E-state index is 0.119. The maximum Gasteiger partial charge on any atom is 0.290 e. The number of hydrogen-bond donors (Lipinski definition) is 1. The highest BCUT2D eigenvalue weighted by Gasteiger charge is 2.30. The monoisotopic (exact) mass is 330 g/mol. The van der Waals surface area contributed by atoms with Crippen molar-refractivity contribution in [3.05, 3.63) is 54.0 Å². The highest BCUT2D eigenvalue weighted by Crippen LogP contribution is 2.18. The number of primary amides is 1. The molecule has 1 aromatic heterocycles. The fraction of sp³-hybridized carbons (Fsp3) is 0.294. The van der Waals surface area contributed by atoms with Crippen molar-refractivity contribution in [1.29, 1.82) is 0 Å². The van der Waals surface area contributed by atoms with Gasteiger partial charge in [0, 0.05) is 12.1 Å². The van der Waals surface area contributed by atoms with Crippen molar-refractivity contribution in [2.24, 2.45) is 5.73 Å². The molecule has 24 heavy (non-hydrogen) atoms. The normalized spacial score (nSPS) is 17.5. The van der Waals surface area contributed by atoms with Crippen molar-refractivity contribution < 1.29 is 23.5 Å². The molecule has 2 amide bonds. The van der Waals surface area contributed by atoms with E-state index >= 15 is 0 Å². The number of rotatable bonds is 5. The number of carbonyl (C=O) groups is 2. The van der Waals surface area contributed by atoms with E-state index in [0.29, 0.717) is 17.9 Å². The summed E-state index contributed by atoms with van der Waals surface area (Å²) in [5.41, 5.74) is 5.89. The lowest BCUT2D eigenvalue weighted by atomic mass is 10.2. The third-order valence-corrected chi connectivity index (χ3v) is 3.75. The number of furan rings is 1. The van der Waals surface area contributed by atoms with Crippen molar-refractivity contribution in [2.45, 2.75) is 12.7 Å². The maximum absolute atomic E-state index is 12.6. The number of carbonyl (C=O) groups excluding carboxylic acids is 2. The van der Waals surface area contributed by atoms with Crippen LogP contribution in [0.5, 0.6) is 5.75 Å². The summed E-state index contributed by atoms with van der Waals surface area (Å²) in [4.78, 5) is 25.4. The zero-order valence-electron chi connectivity index (χ0n) is 13.0. The van der Waals surface area contributed by atoms with Gasteiger partial charge in [-0.15, -0.1) is 0 Å². The van der Waals surface area contributed by atoms with Crippen molar-refractivity contribution in [3.63, 3.8) is 0 Å². The number of hydrogen-bond acceptors (Lipinski definition) is 5. The molecule has 7 heteroatoms. The Hall–Kier alpha value is -2.80. The van der Waals surface area contributed by atoms with Gasteiger partial charge in [-0.05, 0) is 18.2 Å². The molecule has 1 unspecified atom stereocenters. The average molecular weight is 330 g/mol. The van der Waals surface area contributed by atoms with Gasteiger partial charge in [0.1, 0.15) is 12.4 Å². The summed E-state index contributed by atoms with van der Waals surface area (Å²) in [6.07, 6.45) is 0.657. The Labute approximate surface area is 138 Å². The van der Waals surface area contributed by atoms with E-state index in [1.54, 1.807) is 6.07 Å². The summed E-state index contributed by atoms with van der Waals surface area (Å²) in [5.74, 6) is 0.0223. The van der Waals surface area contributed by atoms with Crippen molar-refractivity contribution in [3.8, 4) is 5.75 Å².